The number of alkyl halides is 2. The highest BCUT2D eigenvalue weighted by Crippen LogP contribution is 2.64. The average Bonchev–Trinajstić information content (AvgIpc) is 3.36. The highest BCUT2D eigenvalue weighted by Gasteiger charge is 2.83. The van der Waals surface area contributed by atoms with Crippen molar-refractivity contribution in [3.63, 3.8) is 0 Å². The van der Waals surface area contributed by atoms with Gasteiger partial charge >= 0.3 is 19.4 Å². The predicted molar refractivity (Wildman–Crippen MR) is 135 cm³/mol. The molecule has 7 atom stereocenters. The highest BCUT2D eigenvalue weighted by molar-refractivity contribution is 7.52. The van der Waals surface area contributed by atoms with Gasteiger partial charge in [-0.3, -0.25) is 13.9 Å². The molecule has 0 spiro atoms. The minimum atomic E-state index is -4.35. The fourth-order valence-electron chi connectivity index (χ4n) is 4.30. The van der Waals surface area contributed by atoms with Gasteiger partial charge in [-0.25, -0.2) is 13.8 Å². The maximum absolute atomic E-state index is 15.9. The first-order chi connectivity index (χ1) is 17.8. The summed E-state index contributed by atoms with van der Waals surface area (Å²) in [6.07, 6.45) is -2.30. The number of hydrogen-bond acceptors (Lipinski definition) is 10. The van der Waals surface area contributed by atoms with Gasteiger partial charge in [0.25, 0.3) is 0 Å². The summed E-state index contributed by atoms with van der Waals surface area (Å²) in [5.74, 6) is -1.04. The molecule has 2 aliphatic rings. The Morgan fingerprint density at radius 2 is 2.03 bits per heavy atom. The minimum Gasteiger partial charge on any atom is -0.462 e. The summed E-state index contributed by atoms with van der Waals surface area (Å²) >= 11 is 6.10. The second kappa shape index (κ2) is 10.6. The van der Waals surface area contributed by atoms with Crippen molar-refractivity contribution in [2.24, 2.45) is 0 Å². The lowest BCUT2D eigenvalue weighted by Gasteiger charge is -2.35. The van der Waals surface area contributed by atoms with E-state index in [0.29, 0.717) is 0 Å². The van der Waals surface area contributed by atoms with Crippen molar-refractivity contribution in [3.05, 3.63) is 53.1 Å². The van der Waals surface area contributed by atoms with Crippen LogP contribution in [0.15, 0.2) is 47.4 Å². The average molecular weight is 575 g/mol. The topological polar surface area (TPSA) is 164 Å². The summed E-state index contributed by atoms with van der Waals surface area (Å²) in [6.45, 7) is 4.04. The van der Waals surface area contributed by atoms with E-state index in [1.807, 2.05) is 0 Å². The molecule has 2 heterocycles. The number of nitrogens with zero attached hydrogens (tertiary/aromatic N) is 2. The SMILES string of the molecule is CC(C)OC(=O)[C@H](C)NP(=O)(OC[C@@]1(CCl)O[C@H]2C(n3ccc(N)nc3=O)[C@@]2(F)[C@@H]1O)Oc1ccccc1. The van der Waals surface area contributed by atoms with Crippen molar-refractivity contribution in [2.75, 3.05) is 18.2 Å². The third kappa shape index (κ3) is 5.31. The van der Waals surface area contributed by atoms with Crippen molar-refractivity contribution < 1.29 is 37.4 Å². The molecule has 4 N–H and O–H groups in total. The normalized spacial score (nSPS) is 30.3. The molecule has 4 rings (SSSR count). The van der Waals surface area contributed by atoms with Crippen molar-refractivity contribution in [2.45, 2.75) is 62.4 Å². The van der Waals surface area contributed by atoms with Crippen LogP contribution in [0, 0.1) is 0 Å². The number of nitrogen functional groups attached to an aromatic ring is 1. The van der Waals surface area contributed by atoms with Crippen LogP contribution in [-0.2, 0) is 23.4 Å². The first kappa shape index (κ1) is 28.5. The molecule has 1 aromatic carbocycles. The third-order valence-corrected chi connectivity index (χ3v) is 8.30. The van der Waals surface area contributed by atoms with E-state index >= 15 is 4.39 Å². The molecule has 0 amide bonds. The molecule has 208 valence electrons. The van der Waals surface area contributed by atoms with Crippen LogP contribution in [0.1, 0.15) is 26.8 Å². The molecular formula is C23H29ClFN4O8P. The smallest absolute Gasteiger partial charge is 0.459 e. The zero-order chi connectivity index (χ0) is 27.9. The number of aromatic nitrogens is 2. The summed E-state index contributed by atoms with van der Waals surface area (Å²) in [6, 6.07) is 7.03. The number of carbonyl (C=O) groups excluding carboxylic acids is 1. The molecule has 1 aliphatic heterocycles. The number of nitrogens with one attached hydrogen (secondary N) is 1. The number of ether oxygens (including phenoxy) is 2. The summed E-state index contributed by atoms with van der Waals surface area (Å²) < 4.78 is 52.7. The lowest BCUT2D eigenvalue weighted by molar-refractivity contribution is -0.149. The second-order valence-corrected chi connectivity index (χ2v) is 11.4. The molecule has 2 aromatic rings. The highest BCUT2D eigenvalue weighted by atomic mass is 35.5. The molecule has 0 radical (unpaired) electrons. The first-order valence-electron chi connectivity index (χ1n) is 11.8. The molecule has 1 saturated heterocycles. The van der Waals surface area contributed by atoms with E-state index in [1.165, 1.54) is 31.3 Å². The third-order valence-electron chi connectivity index (χ3n) is 6.23. The van der Waals surface area contributed by atoms with Crippen LogP contribution in [0.25, 0.3) is 0 Å². The van der Waals surface area contributed by atoms with Crippen molar-refractivity contribution in [1.82, 2.24) is 14.6 Å². The van der Waals surface area contributed by atoms with Crippen LogP contribution in [0.5, 0.6) is 5.75 Å². The number of halogens is 2. The summed E-state index contributed by atoms with van der Waals surface area (Å²) in [5.41, 5.74) is 0.444. The van der Waals surface area contributed by atoms with Gasteiger partial charge in [-0.2, -0.15) is 10.1 Å². The quantitative estimate of drug-likeness (QED) is 0.204. The zero-order valence-corrected chi connectivity index (χ0v) is 22.5. The fourth-order valence-corrected chi connectivity index (χ4v) is 6.14. The van der Waals surface area contributed by atoms with Gasteiger partial charge in [-0.05, 0) is 39.0 Å². The lowest BCUT2D eigenvalue weighted by Crippen LogP contribution is -2.53. The number of aliphatic hydroxyl groups excluding tert-OH is 1. The van der Waals surface area contributed by atoms with Crippen LogP contribution >= 0.6 is 19.3 Å². The first-order valence-corrected chi connectivity index (χ1v) is 13.9. The monoisotopic (exact) mass is 574 g/mol. The Morgan fingerprint density at radius 1 is 1.34 bits per heavy atom. The Bertz CT molecular complexity index is 1290. The van der Waals surface area contributed by atoms with Crippen LogP contribution in [0.2, 0.25) is 0 Å². The Balaban J connectivity index is 1.53. The summed E-state index contributed by atoms with van der Waals surface area (Å²) in [4.78, 5) is 28.1. The number of nitrogens with two attached hydrogens (primary N) is 1. The molecule has 0 bridgehead atoms. The number of carbonyl (C=O) groups is 1. The number of anilines is 1. The van der Waals surface area contributed by atoms with E-state index in [1.54, 1.807) is 32.0 Å². The van der Waals surface area contributed by atoms with Crippen LogP contribution < -0.4 is 21.0 Å². The van der Waals surface area contributed by atoms with Crippen LogP contribution in [-0.4, -0.2) is 68.7 Å². The maximum Gasteiger partial charge on any atom is 0.459 e. The van der Waals surface area contributed by atoms with Gasteiger partial charge in [0, 0.05) is 6.20 Å². The van der Waals surface area contributed by atoms with Gasteiger partial charge in [0.2, 0.25) is 0 Å². The maximum atomic E-state index is 15.9. The van der Waals surface area contributed by atoms with Gasteiger partial charge in [-0.15, -0.1) is 11.6 Å². The Kier molecular flexibility index (Phi) is 7.91. The molecule has 2 unspecified atom stereocenters. The number of hydrogen-bond donors (Lipinski definition) is 3. The van der Waals surface area contributed by atoms with Gasteiger partial charge < -0.3 is 24.8 Å². The molecular weight excluding hydrogens is 546 g/mol. The largest absolute Gasteiger partial charge is 0.462 e. The molecule has 1 aromatic heterocycles. The van der Waals surface area contributed by atoms with Crippen LogP contribution in [0.3, 0.4) is 0 Å². The molecule has 38 heavy (non-hydrogen) atoms. The van der Waals surface area contributed by atoms with E-state index in [-0.39, 0.29) is 11.6 Å². The Morgan fingerprint density at radius 3 is 2.58 bits per heavy atom. The number of para-hydroxylation sites is 1. The number of aliphatic hydroxyl groups is 1. The van der Waals surface area contributed by atoms with Gasteiger partial charge in [0.1, 0.15) is 41.5 Å². The molecule has 15 heteroatoms. The van der Waals surface area contributed by atoms with Gasteiger partial charge in [-0.1, -0.05) is 18.2 Å². The molecule has 2 fully saturated rings. The number of esters is 1. The zero-order valence-electron chi connectivity index (χ0n) is 20.8. The van der Waals surface area contributed by atoms with Gasteiger partial charge in [0.05, 0.1) is 18.6 Å². The number of benzene rings is 1. The lowest BCUT2D eigenvalue weighted by atomic mass is 9.95. The minimum absolute atomic E-state index is 0.0388. The Labute approximate surface area is 222 Å². The number of fused-ring (bicyclic) bond motifs is 1. The standard InChI is InChI=1S/C23H29ClFN4O8P/c1-13(2)35-19(30)14(3)28-38(33,37-15-7-5-4-6-8-15)34-12-22(11-24)20(31)23(25)17(18(23)36-22)29-10-9-16(26)27-21(29)32/h4-10,13-14,17-18,20,31H,11-12H2,1-3H3,(H,28,33)(H2,26,27,32)/t14-,17?,18-,20+,22+,23-,38?/m0/s1. The molecule has 1 saturated carbocycles. The fraction of sp³-hybridized carbons (Fsp3) is 0.522. The van der Waals surface area contributed by atoms with Gasteiger partial charge in [0.15, 0.2) is 5.67 Å². The van der Waals surface area contributed by atoms with E-state index in [2.05, 4.69) is 10.1 Å². The molecule has 12 nitrogen and oxygen atoms in total. The Hall–Kier alpha value is -2.54. The summed E-state index contributed by atoms with van der Waals surface area (Å²) in [7, 11) is -4.35. The van der Waals surface area contributed by atoms with Crippen molar-refractivity contribution in [1.29, 1.82) is 0 Å². The second-order valence-electron chi connectivity index (χ2n) is 9.47. The predicted octanol–water partition coefficient (Wildman–Crippen LogP) is 1.96. The van der Waals surface area contributed by atoms with Crippen molar-refractivity contribution in [3.8, 4) is 5.75 Å². The van der Waals surface area contributed by atoms with E-state index < -0.39 is 73.6 Å². The van der Waals surface area contributed by atoms with E-state index in [9.17, 15) is 19.3 Å². The van der Waals surface area contributed by atoms with Crippen LogP contribution in [0.4, 0.5) is 10.2 Å². The number of rotatable bonds is 11. The van der Waals surface area contributed by atoms with E-state index in [0.717, 1.165) is 4.57 Å². The van der Waals surface area contributed by atoms with Crippen molar-refractivity contribution >= 4 is 31.1 Å². The van der Waals surface area contributed by atoms with E-state index in [4.69, 9.17) is 35.9 Å². The summed E-state index contributed by atoms with van der Waals surface area (Å²) in [5, 5.41) is 13.5. The molecule has 1 aliphatic carbocycles.